The molecule has 1 nitrogen and oxygen atoms in total. The third-order valence-electron chi connectivity index (χ3n) is 3.20. The minimum Gasteiger partial charge on any atom is -0.302 e. The van der Waals surface area contributed by atoms with Crippen LogP contribution in [0.3, 0.4) is 0 Å². The van der Waals surface area contributed by atoms with E-state index in [0.29, 0.717) is 0 Å². The normalized spacial score (nSPS) is 17.1. The maximum atomic E-state index is 4.13. The first-order valence-corrected chi connectivity index (χ1v) is 6.48. The van der Waals surface area contributed by atoms with Crippen LogP contribution in [-0.2, 0) is 0 Å². The van der Waals surface area contributed by atoms with Crippen LogP contribution < -0.4 is 0 Å². The molecule has 1 aliphatic rings. The van der Waals surface area contributed by atoms with Crippen molar-refractivity contribution >= 4 is 0 Å². The van der Waals surface area contributed by atoms with Crippen LogP contribution in [0.4, 0.5) is 0 Å². The molecule has 0 aliphatic carbocycles. The second-order valence-electron chi connectivity index (χ2n) is 4.69. The summed E-state index contributed by atoms with van der Waals surface area (Å²) in [5.74, 6) is 0. The highest BCUT2D eigenvalue weighted by Crippen LogP contribution is 2.19. The molecule has 0 bridgehead atoms. The van der Waals surface area contributed by atoms with Crippen molar-refractivity contribution in [3.05, 3.63) is 85.1 Å². The van der Waals surface area contributed by atoms with Crippen molar-refractivity contribution in [1.29, 1.82) is 0 Å². The summed E-state index contributed by atoms with van der Waals surface area (Å²) >= 11 is 0. The predicted molar refractivity (Wildman–Crippen MR) is 86.1 cm³/mol. The lowest BCUT2D eigenvalue weighted by Crippen LogP contribution is -2.24. The summed E-state index contributed by atoms with van der Waals surface area (Å²) in [4.78, 5) is 2.29. The molecule has 0 aromatic heterocycles. The van der Waals surface area contributed by atoms with Crippen molar-refractivity contribution in [2.45, 2.75) is 6.42 Å². The third kappa shape index (κ3) is 4.72. The number of hydrogen-bond acceptors (Lipinski definition) is 1. The Hall–Kier alpha value is -1.86. The molecule has 0 atom stereocenters. The molecular formula is C18H23N. The zero-order chi connectivity index (χ0) is 14.3. The lowest BCUT2D eigenvalue weighted by atomic mass is 9.99. The SMILES string of the molecule is C=C/C=C(\C=C)C(=C)/C=C\C(=C)C1=CCN(C)CC1. The van der Waals surface area contributed by atoms with E-state index in [0.717, 1.165) is 36.2 Å². The van der Waals surface area contributed by atoms with Crippen molar-refractivity contribution in [2.75, 3.05) is 20.1 Å². The van der Waals surface area contributed by atoms with E-state index >= 15 is 0 Å². The van der Waals surface area contributed by atoms with Crippen LogP contribution in [0.2, 0.25) is 0 Å². The number of allylic oxidation sites excluding steroid dienone is 8. The second kappa shape index (κ2) is 7.55. The Morgan fingerprint density at radius 1 is 1.26 bits per heavy atom. The molecule has 100 valence electrons. The molecular weight excluding hydrogens is 230 g/mol. The van der Waals surface area contributed by atoms with Gasteiger partial charge in [0.1, 0.15) is 0 Å². The molecule has 0 saturated heterocycles. The van der Waals surface area contributed by atoms with E-state index in [1.165, 1.54) is 5.57 Å². The number of nitrogens with zero attached hydrogens (tertiary/aromatic N) is 1. The van der Waals surface area contributed by atoms with Gasteiger partial charge >= 0.3 is 0 Å². The lowest BCUT2D eigenvalue weighted by molar-refractivity contribution is 0.361. The molecule has 0 aromatic rings. The first kappa shape index (κ1) is 15.2. The summed E-state index contributed by atoms with van der Waals surface area (Å²) in [5, 5.41) is 0. The van der Waals surface area contributed by atoms with Gasteiger partial charge in [0.05, 0.1) is 0 Å². The highest BCUT2D eigenvalue weighted by atomic mass is 15.1. The fourth-order valence-electron chi connectivity index (χ4n) is 1.90. The predicted octanol–water partition coefficient (Wildman–Crippen LogP) is 4.22. The molecule has 1 heterocycles. The number of hydrogen-bond donors (Lipinski definition) is 0. The molecule has 0 saturated carbocycles. The van der Waals surface area contributed by atoms with Gasteiger partial charge in [0, 0.05) is 13.1 Å². The van der Waals surface area contributed by atoms with Crippen LogP contribution >= 0.6 is 0 Å². The van der Waals surface area contributed by atoms with Crippen LogP contribution in [0.15, 0.2) is 85.1 Å². The summed E-state index contributed by atoms with van der Waals surface area (Å²) in [6, 6.07) is 0. The molecule has 0 spiro atoms. The van der Waals surface area contributed by atoms with Gasteiger partial charge in [-0.2, -0.15) is 0 Å². The van der Waals surface area contributed by atoms with Crippen molar-refractivity contribution in [2.24, 2.45) is 0 Å². The van der Waals surface area contributed by atoms with E-state index in [2.05, 4.69) is 44.3 Å². The smallest absolute Gasteiger partial charge is 0.0166 e. The zero-order valence-corrected chi connectivity index (χ0v) is 11.9. The highest BCUT2D eigenvalue weighted by Gasteiger charge is 2.08. The molecule has 0 radical (unpaired) electrons. The van der Waals surface area contributed by atoms with Gasteiger partial charge in [-0.1, -0.05) is 62.8 Å². The number of rotatable bonds is 6. The molecule has 0 unspecified atom stereocenters. The lowest BCUT2D eigenvalue weighted by Gasteiger charge is -2.22. The second-order valence-corrected chi connectivity index (χ2v) is 4.69. The van der Waals surface area contributed by atoms with Gasteiger partial charge in [0.2, 0.25) is 0 Å². The fraction of sp³-hybridized carbons (Fsp3) is 0.222. The Kier molecular flexibility index (Phi) is 6.04. The largest absolute Gasteiger partial charge is 0.302 e. The van der Waals surface area contributed by atoms with Gasteiger partial charge in [-0.25, -0.2) is 0 Å². The standard InChI is InChI=1S/C18H23N/c1-6-8-17(7-2)15(3)9-10-16(4)18-11-13-19(5)14-12-18/h6-11H,1-4,12-14H2,5H3/b10-9-,17-8+. The topological polar surface area (TPSA) is 3.24 Å². The van der Waals surface area contributed by atoms with Crippen LogP contribution in [0.1, 0.15) is 6.42 Å². The van der Waals surface area contributed by atoms with Gasteiger partial charge in [0.15, 0.2) is 0 Å². The van der Waals surface area contributed by atoms with E-state index < -0.39 is 0 Å². The molecule has 0 fully saturated rings. The third-order valence-corrected chi connectivity index (χ3v) is 3.20. The molecule has 0 aromatic carbocycles. The maximum absolute atomic E-state index is 4.13. The van der Waals surface area contributed by atoms with Gasteiger partial charge < -0.3 is 4.90 Å². The quantitative estimate of drug-likeness (QED) is 0.641. The summed E-state index contributed by atoms with van der Waals surface area (Å²) < 4.78 is 0. The monoisotopic (exact) mass is 253 g/mol. The Bertz CT molecular complexity index is 472. The van der Waals surface area contributed by atoms with Gasteiger partial charge in [-0.3, -0.25) is 0 Å². The molecule has 1 rings (SSSR count). The zero-order valence-electron chi connectivity index (χ0n) is 11.9. The highest BCUT2D eigenvalue weighted by molar-refractivity contribution is 5.49. The molecule has 1 heteroatoms. The number of likely N-dealkylation sites (N-methyl/N-ethyl adjacent to an activating group) is 1. The van der Waals surface area contributed by atoms with Crippen molar-refractivity contribution < 1.29 is 0 Å². The van der Waals surface area contributed by atoms with Gasteiger partial charge in [-0.05, 0) is 35.8 Å². The summed E-state index contributed by atoms with van der Waals surface area (Å²) in [6.45, 7) is 17.7. The average Bonchev–Trinajstić information content (AvgIpc) is 2.42. The molecule has 1 aliphatic heterocycles. The van der Waals surface area contributed by atoms with Crippen molar-refractivity contribution in [3.63, 3.8) is 0 Å². The van der Waals surface area contributed by atoms with E-state index in [9.17, 15) is 0 Å². The summed E-state index contributed by atoms with van der Waals surface area (Å²) in [6.07, 6.45) is 12.7. The van der Waals surface area contributed by atoms with Crippen LogP contribution in [0.25, 0.3) is 0 Å². The van der Waals surface area contributed by atoms with Gasteiger partial charge in [0.25, 0.3) is 0 Å². The Morgan fingerprint density at radius 2 is 2.00 bits per heavy atom. The van der Waals surface area contributed by atoms with Gasteiger partial charge in [-0.15, -0.1) is 0 Å². The molecule has 0 amide bonds. The maximum Gasteiger partial charge on any atom is 0.0166 e. The molecule has 0 N–H and O–H groups in total. The minimum absolute atomic E-state index is 0.921. The van der Waals surface area contributed by atoms with Crippen molar-refractivity contribution in [1.82, 2.24) is 4.90 Å². The average molecular weight is 253 g/mol. The van der Waals surface area contributed by atoms with Crippen molar-refractivity contribution in [3.8, 4) is 0 Å². The summed E-state index contributed by atoms with van der Waals surface area (Å²) in [7, 11) is 2.13. The van der Waals surface area contributed by atoms with E-state index in [-0.39, 0.29) is 0 Å². The Labute approximate surface area is 117 Å². The van der Waals surface area contributed by atoms with Crippen LogP contribution in [0.5, 0.6) is 0 Å². The first-order chi connectivity index (χ1) is 9.08. The summed E-state index contributed by atoms with van der Waals surface area (Å²) in [5.41, 5.74) is 4.30. The van der Waals surface area contributed by atoms with Crippen LogP contribution in [-0.4, -0.2) is 25.0 Å². The Morgan fingerprint density at radius 3 is 2.53 bits per heavy atom. The van der Waals surface area contributed by atoms with E-state index in [1.807, 2.05) is 18.2 Å². The molecule has 19 heavy (non-hydrogen) atoms. The first-order valence-electron chi connectivity index (χ1n) is 6.48. The Balaban J connectivity index is 2.69. The van der Waals surface area contributed by atoms with E-state index in [4.69, 9.17) is 0 Å². The fourth-order valence-corrected chi connectivity index (χ4v) is 1.90. The minimum atomic E-state index is 0.921. The van der Waals surface area contributed by atoms with E-state index in [1.54, 1.807) is 12.2 Å². The van der Waals surface area contributed by atoms with Crippen LogP contribution in [0, 0.1) is 0 Å².